The van der Waals surface area contributed by atoms with Gasteiger partial charge in [-0.1, -0.05) is 60.2 Å². The number of thioether (sulfide) groups is 1. The number of rotatable bonds is 20. The molecule has 2 aromatic heterocycles. The number of fused-ring (bicyclic) bond motifs is 3. The van der Waals surface area contributed by atoms with Gasteiger partial charge in [0.1, 0.15) is 42.3 Å². The van der Waals surface area contributed by atoms with Crippen LogP contribution in [0.4, 0.5) is 0 Å². The summed E-state index contributed by atoms with van der Waals surface area (Å²) in [5, 5.41) is 37.8. The van der Waals surface area contributed by atoms with Crippen LogP contribution in [-0.4, -0.2) is 152 Å². The number of aliphatic imine (C=N–C) groups is 1. The van der Waals surface area contributed by atoms with Crippen molar-refractivity contribution >= 4 is 75.9 Å². The number of aromatic nitrogens is 4. The highest BCUT2D eigenvalue weighted by atomic mass is 32.2. The summed E-state index contributed by atoms with van der Waals surface area (Å²) >= 11 is 1.37. The lowest BCUT2D eigenvalue weighted by Crippen LogP contribution is -2.60. The van der Waals surface area contributed by atoms with Gasteiger partial charge in [0, 0.05) is 49.1 Å². The van der Waals surface area contributed by atoms with Crippen LogP contribution in [0.5, 0.6) is 0 Å². The summed E-state index contributed by atoms with van der Waals surface area (Å²) in [6.45, 7) is 1.45. The first-order chi connectivity index (χ1) is 35.5. The van der Waals surface area contributed by atoms with Crippen molar-refractivity contribution in [3.63, 3.8) is 0 Å². The number of carboxylic acids is 1. The van der Waals surface area contributed by atoms with Crippen molar-refractivity contribution < 1.29 is 43.5 Å². The number of nitrogens with zero attached hydrogens (tertiary/aromatic N) is 4. The van der Waals surface area contributed by atoms with Crippen molar-refractivity contribution in [3.8, 4) is 0 Å². The third-order valence-electron chi connectivity index (χ3n) is 12.1. The van der Waals surface area contributed by atoms with Gasteiger partial charge in [0.25, 0.3) is 0 Å². The summed E-state index contributed by atoms with van der Waals surface area (Å²) in [4.78, 5) is 119. The number of benzene rings is 2. The molecule has 2 bridgehead atoms. The maximum atomic E-state index is 14.8. The van der Waals surface area contributed by atoms with Crippen LogP contribution in [-0.2, 0) is 64.2 Å². The molecule has 3 heterocycles. The minimum Gasteiger partial charge on any atom is -0.480 e. The van der Waals surface area contributed by atoms with E-state index < -0.39 is 95.7 Å². The fourth-order valence-electron chi connectivity index (χ4n) is 8.06. The van der Waals surface area contributed by atoms with E-state index in [2.05, 4.69) is 57.5 Å². The van der Waals surface area contributed by atoms with Gasteiger partial charge in [0.2, 0.25) is 41.4 Å². The highest BCUT2D eigenvalue weighted by molar-refractivity contribution is 7.98. The van der Waals surface area contributed by atoms with Gasteiger partial charge in [0.15, 0.2) is 5.96 Å². The maximum Gasteiger partial charge on any atom is 0.326 e. The zero-order valence-electron chi connectivity index (χ0n) is 41.4. The Kier molecular flexibility index (Phi) is 22.2. The molecule has 8 atom stereocenters. The number of carboxylic acid groups (broad SMARTS) is 1. The van der Waals surface area contributed by atoms with Crippen LogP contribution in [0.1, 0.15) is 62.3 Å². The molecule has 0 spiro atoms. The predicted molar refractivity (Wildman–Crippen MR) is 276 cm³/mol. The third kappa shape index (κ3) is 17.6. The fourth-order valence-corrected chi connectivity index (χ4v) is 8.53. The van der Waals surface area contributed by atoms with E-state index in [0.29, 0.717) is 36.3 Å². The van der Waals surface area contributed by atoms with Gasteiger partial charge in [-0.05, 0) is 74.8 Å². The van der Waals surface area contributed by atoms with Gasteiger partial charge in [-0.2, -0.15) is 11.8 Å². The molecule has 0 saturated heterocycles. The van der Waals surface area contributed by atoms with Crippen LogP contribution in [0.3, 0.4) is 0 Å². The van der Waals surface area contributed by atoms with E-state index in [-0.39, 0.29) is 69.7 Å². The number of amides is 7. The minimum absolute atomic E-state index is 0.0480. The molecular weight excluding hydrogens is 977 g/mol. The van der Waals surface area contributed by atoms with Gasteiger partial charge < -0.3 is 70.2 Å². The molecule has 0 fully saturated rings. The Morgan fingerprint density at radius 2 is 1.53 bits per heavy atom. The fraction of sp³-hybridized carbons (Fsp3) is 0.479. The highest BCUT2D eigenvalue weighted by Gasteiger charge is 2.35. The largest absolute Gasteiger partial charge is 0.480 e. The van der Waals surface area contributed by atoms with Crippen LogP contribution in [0.15, 0.2) is 72.0 Å². The summed E-state index contributed by atoms with van der Waals surface area (Å²) in [6, 6.07) is 5.21. The van der Waals surface area contributed by atoms with E-state index in [1.54, 1.807) is 48.9 Å². The van der Waals surface area contributed by atoms with E-state index in [0.717, 1.165) is 10.9 Å². The Labute approximate surface area is 431 Å². The number of hydrogen-bond acceptors (Lipinski definition) is 14. The molecule has 1 aliphatic heterocycles. The molecule has 4 aromatic rings. The maximum absolute atomic E-state index is 14.8. The molecule has 0 radical (unpaired) electrons. The zero-order chi connectivity index (χ0) is 53.7. The monoisotopic (exact) mass is 1040 g/mol. The molecule has 1 aliphatic rings. The number of hydrogen-bond donors (Lipinski definition) is 13. The van der Waals surface area contributed by atoms with E-state index in [1.165, 1.54) is 29.6 Å². The summed E-state index contributed by atoms with van der Waals surface area (Å²) in [7, 11) is 0. The van der Waals surface area contributed by atoms with Gasteiger partial charge in [-0.25, -0.2) is 9.48 Å². The van der Waals surface area contributed by atoms with Crippen LogP contribution in [0, 0.1) is 0 Å². The van der Waals surface area contributed by atoms with Gasteiger partial charge in [0.05, 0.1) is 18.3 Å². The lowest BCUT2D eigenvalue weighted by molar-refractivity contribution is -0.142. The number of unbranched alkanes of at least 4 members (excludes halogenated alkanes) is 1. The number of carbonyl (C=O) groups is 8. The van der Waals surface area contributed by atoms with Gasteiger partial charge >= 0.3 is 5.97 Å². The second-order valence-electron chi connectivity index (χ2n) is 17.9. The number of carbonyl (C=O) groups excluding carboxylic acids is 7. The molecule has 2 aromatic carbocycles. The molecule has 25 nitrogen and oxygen atoms in total. The average Bonchev–Trinajstić information content (AvgIpc) is 4.00. The Morgan fingerprint density at radius 3 is 2.24 bits per heavy atom. The summed E-state index contributed by atoms with van der Waals surface area (Å²) in [6.07, 6.45) is 5.78. The second-order valence-corrected chi connectivity index (χ2v) is 18.9. The van der Waals surface area contributed by atoms with Crippen molar-refractivity contribution in [2.75, 3.05) is 25.1 Å². The molecule has 0 saturated carbocycles. The number of para-hydroxylation sites is 1. The van der Waals surface area contributed by atoms with Crippen molar-refractivity contribution in [1.29, 1.82) is 0 Å². The van der Waals surface area contributed by atoms with E-state index >= 15 is 0 Å². The summed E-state index contributed by atoms with van der Waals surface area (Å²) in [5.74, 6) is -6.83. The van der Waals surface area contributed by atoms with Crippen molar-refractivity contribution in [1.82, 2.24) is 57.2 Å². The molecule has 400 valence electrons. The summed E-state index contributed by atoms with van der Waals surface area (Å²) in [5.41, 5.74) is 25.1. The first-order valence-corrected chi connectivity index (χ1v) is 25.7. The Hall–Kier alpha value is -7.58. The Balaban J connectivity index is 1.60. The second kappa shape index (κ2) is 28.6. The highest BCUT2D eigenvalue weighted by Crippen LogP contribution is 2.20. The van der Waals surface area contributed by atoms with Crippen LogP contribution >= 0.6 is 11.8 Å². The third-order valence-corrected chi connectivity index (χ3v) is 12.8. The van der Waals surface area contributed by atoms with Crippen LogP contribution in [0.2, 0.25) is 0 Å². The van der Waals surface area contributed by atoms with Gasteiger partial charge in [-0.15, -0.1) is 5.10 Å². The number of aliphatic carboxylic acids is 1. The average molecular weight is 1050 g/mol. The molecule has 17 N–H and O–H groups in total. The number of H-pyrrole nitrogens is 1. The summed E-state index contributed by atoms with van der Waals surface area (Å²) < 4.78 is 1.20. The molecule has 0 unspecified atom stereocenters. The van der Waals surface area contributed by atoms with E-state index in [9.17, 15) is 43.5 Å². The first kappa shape index (κ1) is 57.3. The Morgan fingerprint density at radius 1 is 0.851 bits per heavy atom. The van der Waals surface area contributed by atoms with Gasteiger partial charge in [-0.3, -0.25) is 38.6 Å². The predicted octanol–water partition coefficient (Wildman–Crippen LogP) is -2.44. The molecule has 5 rings (SSSR count). The van der Waals surface area contributed by atoms with E-state index in [1.807, 2.05) is 18.2 Å². The zero-order valence-corrected chi connectivity index (χ0v) is 42.2. The smallest absolute Gasteiger partial charge is 0.326 e. The normalized spacial score (nSPS) is 21.1. The minimum atomic E-state index is -1.53. The number of nitrogens with one attached hydrogen (secondary N) is 8. The van der Waals surface area contributed by atoms with E-state index in [4.69, 9.17) is 22.9 Å². The number of nitrogens with two attached hydrogens (primary N) is 4. The van der Waals surface area contributed by atoms with Crippen molar-refractivity contribution in [2.24, 2.45) is 27.9 Å². The van der Waals surface area contributed by atoms with Crippen molar-refractivity contribution in [3.05, 3.63) is 83.8 Å². The Bertz CT molecular complexity index is 2590. The standard InChI is InChI=1S/C48H68N16O9S/c1-27-40(65)58-36(21-28-11-4-3-5-12-28)43(68)56-34(16-10-19-53-48(51)52)42(67)59-37(22-29-24-54-33-15-7-6-13-31(29)33)44(69)60-38(45(70)57-35(47(72)73)17-20-74-2)23-30-25-64(63-62-30)26-39(46(71)55-27)61-41(66)32(50)14-8-9-18-49/h3-7,11-13,15,24-25,27,32,34-39,54H,8-10,14,16-23,26,49-50H2,1-2H3,(H,55,71)(H,56,68)(H,57,70)(H,58,65)(H,59,67)(H,60,69)(H,61,66)(H,72,73)(H4,51,52,53)/t27-,32-,34-,35-,36+,37-,38-,39-/m0/s1. The molecule has 26 heteroatoms. The van der Waals surface area contributed by atoms with Crippen LogP contribution in [0.25, 0.3) is 10.9 Å². The van der Waals surface area contributed by atoms with Crippen molar-refractivity contribution in [2.45, 2.75) is 120 Å². The SMILES string of the molecule is CSCC[C@H](NC(=O)[C@@H]1Cc2cn(nn2)C[C@H](NC(=O)[C@@H](N)CCCCN)C(=O)N[C@@H](C)C(=O)N[C@H](Cc2ccccc2)C(=O)N[C@@H](CCCN=C(N)N)C(=O)N[C@@H](Cc2c[nH]c3ccccc23)C(=O)N1)C(=O)O. The van der Waals surface area contributed by atoms with Crippen LogP contribution < -0.4 is 60.2 Å². The first-order valence-electron chi connectivity index (χ1n) is 24.3. The number of aromatic amines is 1. The molecular formula is C48H68N16O9S. The lowest BCUT2D eigenvalue weighted by Gasteiger charge is -2.27. The molecule has 0 aliphatic carbocycles. The lowest BCUT2D eigenvalue weighted by atomic mass is 10.0. The number of guanidine groups is 1. The molecule has 74 heavy (non-hydrogen) atoms. The quantitative estimate of drug-likeness (QED) is 0.0249. The topological polar surface area (TPSA) is 404 Å². The molecule has 7 amide bonds.